The molecule has 6 aromatic carbocycles. The fraction of sp³-hybridized carbons (Fsp3) is 0.229. The summed E-state index contributed by atoms with van der Waals surface area (Å²) in [5.74, 6) is -0.682. The van der Waals surface area contributed by atoms with E-state index in [1.807, 2.05) is 161 Å². The molecule has 12 aromatic heterocycles. The van der Waals surface area contributed by atoms with E-state index in [0.717, 1.165) is 102 Å². The number of furan rings is 3. The summed E-state index contributed by atoms with van der Waals surface area (Å²) < 4.78 is 239. The second kappa shape index (κ2) is 40.4. The van der Waals surface area contributed by atoms with Crippen LogP contribution in [0, 0.1) is 123 Å². The van der Waals surface area contributed by atoms with E-state index in [1.54, 1.807) is 67.1 Å². The van der Waals surface area contributed by atoms with Gasteiger partial charge in [0.1, 0.15) is 0 Å². The summed E-state index contributed by atoms with van der Waals surface area (Å²) in [7, 11) is 0. The Morgan fingerprint density at radius 1 is 0.358 bits per heavy atom. The molecule has 0 amide bonds. The molecular formula is C105H99Ir3N9O3-6. The van der Waals surface area contributed by atoms with Crippen LogP contribution < -0.4 is 0 Å². The minimum Gasteiger partial charge on any atom is -0.486 e. The van der Waals surface area contributed by atoms with Gasteiger partial charge in [0.15, 0.2) is 0 Å². The number of benzene rings is 6. The SMILES string of the molecule is [2H]C(C)(C)c1ccnc(-c2[c-]ccc3c2oc2nc(C)ccc23)c1.[2H]C([2H])([2H])c1c[c-]c(-c2cc(C([2H])([2H])[2H])c(C([2H])([2H])[2H])cn2)cc1.[2H]C([2H])([2H])c1c[c-]c(-c2cc(C([2H])([2H])[2H])c(C([2H])([2H])[2H])cn2)cc1.[2H]C([2H])([2H])c1cnc(-c2[c-]cccc2)cc1C([2H])([2H])[2H].[2H]C([2H])(c1ccnc(-c2[c-]ccc3c2oc2nc(C)ccc23)c1)C(C)(C)C.[2H]C([2H])(c1ccnc(-c2[c-]ccc3c2oc2nc(C)ccc23)c1)C(C)(C)C.[Ir].[Ir].[Ir]. The van der Waals surface area contributed by atoms with Crippen molar-refractivity contribution in [3.63, 3.8) is 0 Å². The number of hydrogen-bond acceptors (Lipinski definition) is 12. The van der Waals surface area contributed by atoms with Gasteiger partial charge in [0.05, 0.1) is 16.7 Å². The molecule has 18 rings (SSSR count). The minimum absolute atomic E-state index is 0. The molecule has 12 nitrogen and oxygen atoms in total. The predicted octanol–water partition coefficient (Wildman–Crippen LogP) is 26.9. The van der Waals surface area contributed by atoms with Gasteiger partial charge in [-0.25, -0.2) is 15.0 Å². The molecular weight excluding hydrogens is 2010 g/mol. The summed E-state index contributed by atoms with van der Waals surface area (Å²) in [6.07, 6.45) is 5.20. The van der Waals surface area contributed by atoms with E-state index < -0.39 is 84.3 Å². The Morgan fingerprint density at radius 2 is 0.725 bits per heavy atom. The van der Waals surface area contributed by atoms with E-state index in [4.69, 9.17) is 53.0 Å². The molecule has 0 saturated carbocycles. The van der Waals surface area contributed by atoms with Gasteiger partial charge in [-0.2, -0.15) is 0 Å². The molecule has 0 fully saturated rings. The van der Waals surface area contributed by atoms with E-state index in [2.05, 4.69) is 81.3 Å². The van der Waals surface area contributed by atoms with Crippen LogP contribution in [-0.2, 0) is 73.1 Å². The second-order valence-electron chi connectivity index (χ2n) is 29.7. The number of nitrogens with zero attached hydrogens (tertiary/aromatic N) is 9. The zero-order chi connectivity index (χ0) is 107. The first-order valence-corrected chi connectivity index (χ1v) is 37.2. The topological polar surface area (TPSA) is 155 Å². The van der Waals surface area contributed by atoms with Crippen molar-refractivity contribution in [2.45, 2.75) is 150 Å². The zero-order valence-corrected chi connectivity index (χ0v) is 74.3. The van der Waals surface area contributed by atoms with E-state index in [-0.39, 0.29) is 116 Å². The maximum absolute atomic E-state index is 8.55. The average Bonchev–Trinajstić information content (AvgIpc) is 1.56. The maximum Gasteiger partial charge on any atom is 0.216 e. The molecule has 0 unspecified atom stereocenters. The molecule has 3 radical (unpaired) electrons. The van der Waals surface area contributed by atoms with Crippen LogP contribution >= 0.6 is 0 Å². The van der Waals surface area contributed by atoms with Crippen molar-refractivity contribution in [3.8, 4) is 67.5 Å². The quantitative estimate of drug-likeness (QED) is 0.126. The van der Waals surface area contributed by atoms with Gasteiger partial charge in [-0.3, -0.25) is 0 Å². The van der Waals surface area contributed by atoms with Crippen molar-refractivity contribution in [3.05, 3.63) is 340 Å². The summed E-state index contributed by atoms with van der Waals surface area (Å²) in [4.78, 5) is 38.9. The molecule has 0 N–H and O–H groups in total. The fourth-order valence-electron chi connectivity index (χ4n) is 12.3. The number of aromatic nitrogens is 9. The van der Waals surface area contributed by atoms with Crippen LogP contribution in [0.3, 0.4) is 0 Å². The van der Waals surface area contributed by atoms with Crippen LogP contribution in [0.15, 0.2) is 238 Å². The maximum atomic E-state index is 8.55. The molecule has 0 aliphatic carbocycles. The molecule has 0 aliphatic heterocycles. The Hall–Kier alpha value is -11.0. The van der Waals surface area contributed by atoms with Gasteiger partial charge in [0.25, 0.3) is 0 Å². The van der Waals surface area contributed by atoms with E-state index in [0.29, 0.717) is 73.2 Å². The van der Waals surface area contributed by atoms with Gasteiger partial charge >= 0.3 is 0 Å². The largest absolute Gasteiger partial charge is 0.486 e. The number of aryl methyl sites for hydroxylation is 11. The zero-order valence-electron chi connectivity index (χ0n) is 96.1. The third kappa shape index (κ3) is 22.9. The summed E-state index contributed by atoms with van der Waals surface area (Å²) >= 11 is 0. The van der Waals surface area contributed by atoms with E-state index >= 15 is 0 Å². The third-order valence-electron chi connectivity index (χ3n) is 17.9. The Balaban J connectivity index is 0.000000183. The minimum atomic E-state index is -2.61. The van der Waals surface area contributed by atoms with Crippen molar-refractivity contribution in [1.29, 1.82) is 0 Å². The van der Waals surface area contributed by atoms with Crippen molar-refractivity contribution < 1.29 is 113 Å². The Labute approximate surface area is 787 Å². The molecule has 15 heteroatoms. The number of pyridine rings is 9. The summed E-state index contributed by atoms with van der Waals surface area (Å²) in [5, 5.41) is 5.81. The third-order valence-corrected chi connectivity index (χ3v) is 17.9. The van der Waals surface area contributed by atoms with Gasteiger partial charge in [0.2, 0.25) is 17.1 Å². The standard InChI is InChI=1S/2C22H21N2O.C20H17N2O.2C14H14N.C13H12N.3Ir/c2*1-14-8-9-17-16-6-5-7-18(20(16)25-21(17)24-14)19-12-15(10-11-23-19)13-22(2,3)4;1-12(2)14-9-10-21-18(11-14)17-6-4-5-15-16-8-7-13(3)22-20(16)23-19(15)17;2*1-10-4-6-13(7-5-10)14-8-11(2)12(3)9-15-14;1-10-8-13(14-9-11(10)2)12-6-4-3-5-7-12;;;/h2*5-6,8-12H,13H2,1-4H3;4-5,7-12H,1-3H3;2*4-6,8-9H,1-3H3;3-6,8-9H,1-2H3;;;/q6*-1;;;/i2*13D2;12D;2*1D3,2D3,3D3;1D3,2D3;;;. The van der Waals surface area contributed by atoms with Crippen molar-refractivity contribution in [2.75, 3.05) is 0 Å². The molecule has 120 heavy (non-hydrogen) atoms. The summed E-state index contributed by atoms with van der Waals surface area (Å²) in [5.41, 5.74) is 12.6. The predicted molar refractivity (Wildman–Crippen MR) is 479 cm³/mol. The molecule has 0 bridgehead atoms. The number of hydrogen-bond donors (Lipinski definition) is 0. The van der Waals surface area contributed by atoms with Crippen LogP contribution in [0.2, 0.25) is 0 Å². The monoisotopic (exact) mass is 2140 g/mol. The van der Waals surface area contributed by atoms with Gasteiger partial charge in [-0.1, -0.05) is 172 Å². The van der Waals surface area contributed by atoms with Crippen LogP contribution in [0.1, 0.15) is 179 Å². The fourth-order valence-corrected chi connectivity index (χ4v) is 12.3. The van der Waals surface area contributed by atoms with Gasteiger partial charge in [-0.05, 0) is 197 Å². The molecule has 0 spiro atoms. The molecule has 0 saturated heterocycles. The summed E-state index contributed by atoms with van der Waals surface area (Å²) in [6.45, 7) is 0.963. The first kappa shape index (κ1) is 58.9. The van der Waals surface area contributed by atoms with Crippen LogP contribution in [0.4, 0.5) is 0 Å². The van der Waals surface area contributed by atoms with Crippen molar-refractivity contribution in [2.24, 2.45) is 10.8 Å². The number of fused-ring (bicyclic) bond motifs is 9. The van der Waals surface area contributed by atoms with Gasteiger partial charge in [0, 0.05) is 170 Å². The van der Waals surface area contributed by atoms with Crippen LogP contribution in [-0.4, -0.2) is 44.9 Å². The average molecular weight is 2140 g/mol. The van der Waals surface area contributed by atoms with Crippen molar-refractivity contribution in [1.82, 2.24) is 44.9 Å². The first-order valence-electron chi connectivity index (χ1n) is 51.7. The van der Waals surface area contributed by atoms with E-state index in [1.165, 1.54) is 54.6 Å². The molecule has 615 valence electrons. The number of rotatable bonds is 9. The van der Waals surface area contributed by atoms with Gasteiger partial charge in [-0.15, -0.1) is 161 Å². The molecule has 18 aromatic rings. The Bertz CT molecular complexity index is 7480. The van der Waals surface area contributed by atoms with E-state index in [9.17, 15) is 0 Å². The Morgan fingerprint density at radius 3 is 1.05 bits per heavy atom. The molecule has 0 atom stereocenters. The Kier molecular flexibility index (Phi) is 19.8. The van der Waals surface area contributed by atoms with Crippen molar-refractivity contribution >= 4 is 66.2 Å². The van der Waals surface area contributed by atoms with Crippen LogP contribution in [0.25, 0.3) is 134 Å². The normalized spacial score (nSPS) is 15.8. The molecule has 0 aliphatic rings. The summed E-state index contributed by atoms with van der Waals surface area (Å²) in [6, 6.07) is 71.3. The smallest absolute Gasteiger partial charge is 0.216 e. The van der Waals surface area contributed by atoms with Crippen LogP contribution in [0.5, 0.6) is 0 Å². The second-order valence-corrected chi connectivity index (χ2v) is 29.7. The van der Waals surface area contributed by atoms with Gasteiger partial charge < -0.3 is 43.2 Å². The molecule has 12 heterocycles. The first-order chi connectivity index (χ1) is 67.6.